The van der Waals surface area contributed by atoms with Crippen molar-refractivity contribution in [2.24, 2.45) is 5.16 Å². The van der Waals surface area contributed by atoms with Gasteiger partial charge in [0.1, 0.15) is 18.3 Å². The average molecular weight is 436 g/mol. The van der Waals surface area contributed by atoms with E-state index in [1.807, 2.05) is 48.5 Å². The number of rotatable bonds is 3. The molecule has 8 nitrogen and oxygen atoms in total. The highest BCUT2D eigenvalue weighted by Crippen LogP contribution is 2.39. The number of nitrogens with zero attached hydrogens (tertiary/aromatic N) is 2. The van der Waals surface area contributed by atoms with Crippen LogP contribution in [0.1, 0.15) is 20.3 Å². The molecule has 0 amide bonds. The van der Waals surface area contributed by atoms with Crippen LogP contribution in [-0.4, -0.2) is 51.9 Å². The number of pyridine rings is 1. The van der Waals surface area contributed by atoms with Crippen molar-refractivity contribution in [3.05, 3.63) is 58.8 Å². The fourth-order valence-electron chi connectivity index (χ4n) is 4.96. The van der Waals surface area contributed by atoms with E-state index >= 15 is 0 Å². The molecular weight excluding hydrogens is 412 g/mol. The van der Waals surface area contributed by atoms with Gasteiger partial charge in [-0.05, 0) is 38.1 Å². The molecule has 6 rings (SSSR count). The van der Waals surface area contributed by atoms with Gasteiger partial charge in [-0.3, -0.25) is 4.79 Å². The fourth-order valence-corrected chi connectivity index (χ4v) is 4.96. The lowest BCUT2D eigenvalue weighted by Crippen LogP contribution is -2.38. The molecular formula is C24H24N2O6. The smallest absolute Gasteiger partial charge is 0.197 e. The van der Waals surface area contributed by atoms with Gasteiger partial charge in [0.2, 0.25) is 0 Å². The Morgan fingerprint density at radius 2 is 1.72 bits per heavy atom. The van der Waals surface area contributed by atoms with Crippen molar-refractivity contribution in [2.75, 3.05) is 0 Å². The molecule has 32 heavy (non-hydrogen) atoms. The molecule has 3 aromatic rings. The summed E-state index contributed by atoms with van der Waals surface area (Å²) < 4.78 is 19.5. The molecule has 1 aromatic heterocycles. The van der Waals surface area contributed by atoms with Crippen LogP contribution in [0.2, 0.25) is 0 Å². The van der Waals surface area contributed by atoms with Crippen LogP contribution in [0.3, 0.4) is 0 Å². The highest BCUT2D eigenvalue weighted by molar-refractivity contribution is 5.94. The van der Waals surface area contributed by atoms with Crippen LogP contribution in [0.25, 0.3) is 21.8 Å². The number of hydrogen-bond donors (Lipinski definition) is 1. The first-order valence-corrected chi connectivity index (χ1v) is 10.8. The Balaban J connectivity index is 1.26. The lowest BCUT2D eigenvalue weighted by molar-refractivity contribution is -0.207. The van der Waals surface area contributed by atoms with Crippen LogP contribution >= 0.6 is 0 Å². The highest BCUT2D eigenvalue weighted by atomic mass is 16.8. The first-order chi connectivity index (χ1) is 15.4. The van der Waals surface area contributed by atoms with E-state index in [0.717, 1.165) is 11.0 Å². The Kier molecular flexibility index (Phi) is 4.42. The van der Waals surface area contributed by atoms with E-state index in [0.29, 0.717) is 29.4 Å². The van der Waals surface area contributed by atoms with E-state index in [-0.39, 0.29) is 11.5 Å². The van der Waals surface area contributed by atoms with Crippen LogP contribution in [0.5, 0.6) is 0 Å². The molecule has 0 bridgehead atoms. The van der Waals surface area contributed by atoms with E-state index in [1.54, 1.807) is 13.8 Å². The summed E-state index contributed by atoms with van der Waals surface area (Å²) in [6.07, 6.45) is -2.44. The van der Waals surface area contributed by atoms with Gasteiger partial charge in [-0.2, -0.15) is 0 Å². The lowest BCUT2D eigenvalue weighted by Gasteiger charge is -2.22. The number of hydrogen-bond acceptors (Lipinski definition) is 7. The molecule has 2 aromatic carbocycles. The van der Waals surface area contributed by atoms with Crippen molar-refractivity contribution in [1.29, 1.82) is 0 Å². The van der Waals surface area contributed by atoms with E-state index in [1.165, 1.54) is 0 Å². The molecule has 5 unspecified atom stereocenters. The molecule has 8 heteroatoms. The molecule has 4 heterocycles. The highest BCUT2D eigenvalue weighted by Gasteiger charge is 2.56. The summed E-state index contributed by atoms with van der Waals surface area (Å²) >= 11 is 0. The quantitative estimate of drug-likeness (QED) is 0.635. The SMILES string of the molecule is CC1(C)OC2OC(C3=NOC(Cn4c5ccccc5c(=O)c5ccccc54)C3)C(O)C2O1. The molecule has 1 N–H and O–H groups in total. The normalized spacial score (nSPS) is 31.1. The number of ether oxygens (including phenoxy) is 3. The predicted octanol–water partition coefficient (Wildman–Crippen LogP) is 2.54. The Labute approximate surface area is 183 Å². The van der Waals surface area contributed by atoms with Crippen molar-refractivity contribution in [1.82, 2.24) is 4.57 Å². The first-order valence-electron chi connectivity index (χ1n) is 10.8. The molecule has 3 aliphatic heterocycles. The summed E-state index contributed by atoms with van der Waals surface area (Å²) in [4.78, 5) is 18.7. The number of aliphatic hydroxyl groups is 1. The molecule has 0 saturated carbocycles. The standard InChI is InChI=1S/C24H24N2O6/c1-24(2)30-22-20(28)21(29-23(22)31-24)16-11-13(32-25-16)12-26-17-9-5-3-7-14(17)19(27)15-8-4-6-10-18(15)26/h3-10,13,20-23,28H,11-12H2,1-2H3. The van der Waals surface area contributed by atoms with Crippen LogP contribution < -0.4 is 5.43 Å². The van der Waals surface area contributed by atoms with Crippen molar-refractivity contribution >= 4 is 27.5 Å². The van der Waals surface area contributed by atoms with E-state index in [4.69, 9.17) is 19.0 Å². The first kappa shape index (κ1) is 19.9. The Morgan fingerprint density at radius 3 is 2.38 bits per heavy atom. The van der Waals surface area contributed by atoms with Crippen LogP contribution in [0, 0.1) is 0 Å². The monoisotopic (exact) mass is 436 g/mol. The number of benzene rings is 2. The number of aliphatic hydroxyl groups excluding tert-OH is 1. The second-order valence-electron chi connectivity index (χ2n) is 9.00. The molecule has 3 aliphatic rings. The van der Waals surface area contributed by atoms with E-state index in [2.05, 4.69) is 9.72 Å². The van der Waals surface area contributed by atoms with Crippen LogP contribution in [0.15, 0.2) is 58.5 Å². The maximum atomic E-state index is 12.9. The van der Waals surface area contributed by atoms with Crippen molar-refractivity contribution < 1.29 is 24.2 Å². The van der Waals surface area contributed by atoms with Gasteiger partial charge in [0.25, 0.3) is 0 Å². The Hall–Kier alpha value is -2.78. The third kappa shape index (κ3) is 3.06. The van der Waals surface area contributed by atoms with Crippen LogP contribution in [-0.2, 0) is 25.6 Å². The summed E-state index contributed by atoms with van der Waals surface area (Å²) in [5.74, 6) is -0.787. The van der Waals surface area contributed by atoms with Gasteiger partial charge in [0.05, 0.1) is 23.3 Å². The minimum atomic E-state index is -0.878. The lowest BCUT2D eigenvalue weighted by atomic mass is 10.0. The predicted molar refractivity (Wildman–Crippen MR) is 117 cm³/mol. The largest absolute Gasteiger partial charge is 0.390 e. The van der Waals surface area contributed by atoms with Gasteiger partial charge in [-0.1, -0.05) is 29.4 Å². The summed E-state index contributed by atoms with van der Waals surface area (Å²) in [7, 11) is 0. The number of oxime groups is 1. The van der Waals surface area contributed by atoms with Crippen molar-refractivity contribution in [3.8, 4) is 0 Å². The van der Waals surface area contributed by atoms with Gasteiger partial charge in [-0.15, -0.1) is 0 Å². The zero-order valence-electron chi connectivity index (χ0n) is 17.8. The maximum absolute atomic E-state index is 12.9. The summed E-state index contributed by atoms with van der Waals surface area (Å²) in [5, 5.41) is 16.3. The third-order valence-corrected chi connectivity index (χ3v) is 6.37. The van der Waals surface area contributed by atoms with E-state index < -0.39 is 30.4 Å². The average Bonchev–Trinajstić information content (AvgIpc) is 3.45. The summed E-state index contributed by atoms with van der Waals surface area (Å²) in [6, 6.07) is 15.2. The maximum Gasteiger partial charge on any atom is 0.197 e. The second-order valence-corrected chi connectivity index (χ2v) is 9.00. The van der Waals surface area contributed by atoms with Crippen LogP contribution in [0.4, 0.5) is 0 Å². The Morgan fingerprint density at radius 1 is 1.06 bits per heavy atom. The zero-order chi connectivity index (χ0) is 22.0. The van der Waals surface area contributed by atoms with Gasteiger partial charge >= 0.3 is 0 Å². The third-order valence-electron chi connectivity index (χ3n) is 6.37. The molecule has 166 valence electrons. The molecule has 0 aliphatic carbocycles. The van der Waals surface area contributed by atoms with Gasteiger partial charge < -0.3 is 28.7 Å². The topological polar surface area (TPSA) is 91.5 Å². The number of para-hydroxylation sites is 2. The molecule has 5 atom stereocenters. The van der Waals surface area contributed by atoms with Gasteiger partial charge in [-0.25, -0.2) is 0 Å². The molecule has 2 saturated heterocycles. The molecule has 0 radical (unpaired) electrons. The Bertz CT molecular complexity index is 1240. The summed E-state index contributed by atoms with van der Waals surface area (Å²) in [6.45, 7) is 4.09. The molecule has 2 fully saturated rings. The minimum absolute atomic E-state index is 0.0219. The molecule has 0 spiro atoms. The number of aromatic nitrogens is 1. The fraction of sp³-hybridized carbons (Fsp3) is 0.417. The number of fused-ring (bicyclic) bond motifs is 3. The zero-order valence-corrected chi connectivity index (χ0v) is 17.8. The summed E-state index contributed by atoms with van der Waals surface area (Å²) in [5.41, 5.74) is 2.36. The van der Waals surface area contributed by atoms with Crippen molar-refractivity contribution in [3.63, 3.8) is 0 Å². The van der Waals surface area contributed by atoms with Crippen molar-refractivity contribution in [2.45, 2.75) is 63.3 Å². The minimum Gasteiger partial charge on any atom is -0.390 e. The van der Waals surface area contributed by atoms with E-state index in [9.17, 15) is 9.90 Å². The second kappa shape index (κ2) is 7.11. The van der Waals surface area contributed by atoms with Gasteiger partial charge in [0.15, 0.2) is 23.6 Å². The van der Waals surface area contributed by atoms with Gasteiger partial charge in [0, 0.05) is 17.2 Å².